The molecule has 11 nitrogen and oxygen atoms in total. The van der Waals surface area contributed by atoms with Crippen molar-refractivity contribution in [2.24, 2.45) is 0 Å². The molecule has 4 aromatic rings. The van der Waals surface area contributed by atoms with Gasteiger partial charge in [0.25, 0.3) is 5.91 Å². The first-order valence-corrected chi connectivity index (χ1v) is 12.1. The Bertz CT molecular complexity index is 1490. The number of thioether (sulfide) groups is 1. The number of nitrogens with zero attached hydrogens (tertiary/aromatic N) is 6. The SMILES string of the molecule is CN(C)CCn1cc(NC(=O)c2cnn3cccnc23)c(-c2cc3c(cc2OC(F)F)NC(=O)CS3)n1. The number of benzene rings is 1. The lowest BCUT2D eigenvalue weighted by molar-refractivity contribution is -0.113. The van der Waals surface area contributed by atoms with Gasteiger partial charge in [0, 0.05) is 41.7 Å². The van der Waals surface area contributed by atoms with Crippen molar-refractivity contribution < 1.29 is 23.1 Å². The summed E-state index contributed by atoms with van der Waals surface area (Å²) in [5.74, 6) is -0.721. The normalized spacial score (nSPS) is 13.2. The number of ether oxygens (including phenoxy) is 1. The summed E-state index contributed by atoms with van der Waals surface area (Å²) in [6, 6.07) is 4.67. The highest BCUT2D eigenvalue weighted by Gasteiger charge is 2.25. The molecule has 192 valence electrons. The number of carbonyl (C=O) groups is 2. The minimum atomic E-state index is -3.11. The van der Waals surface area contributed by atoms with Gasteiger partial charge in [-0.3, -0.25) is 14.3 Å². The molecule has 1 aromatic carbocycles. The van der Waals surface area contributed by atoms with E-state index >= 15 is 0 Å². The molecule has 0 bridgehead atoms. The van der Waals surface area contributed by atoms with E-state index in [1.54, 1.807) is 35.4 Å². The molecule has 5 rings (SSSR count). The molecule has 37 heavy (non-hydrogen) atoms. The summed E-state index contributed by atoms with van der Waals surface area (Å²) in [5, 5.41) is 14.2. The van der Waals surface area contributed by atoms with Crippen LogP contribution in [0.4, 0.5) is 20.2 Å². The van der Waals surface area contributed by atoms with E-state index in [0.29, 0.717) is 35.0 Å². The smallest absolute Gasteiger partial charge is 0.387 e. The van der Waals surface area contributed by atoms with Crippen LogP contribution in [0, 0.1) is 0 Å². The molecule has 0 saturated heterocycles. The van der Waals surface area contributed by atoms with Crippen molar-refractivity contribution in [3.05, 3.63) is 48.5 Å². The van der Waals surface area contributed by atoms with Gasteiger partial charge in [-0.05, 0) is 26.2 Å². The first-order chi connectivity index (χ1) is 17.8. The highest BCUT2D eigenvalue weighted by Crippen LogP contribution is 2.43. The Kier molecular flexibility index (Phi) is 6.76. The monoisotopic (exact) mass is 528 g/mol. The number of anilines is 2. The molecule has 2 N–H and O–H groups in total. The topological polar surface area (TPSA) is 119 Å². The summed E-state index contributed by atoms with van der Waals surface area (Å²) in [5.41, 5.74) is 1.76. The van der Waals surface area contributed by atoms with Gasteiger partial charge >= 0.3 is 6.61 Å². The van der Waals surface area contributed by atoms with Gasteiger partial charge in [-0.1, -0.05) is 0 Å². The van der Waals surface area contributed by atoms with Crippen molar-refractivity contribution in [2.75, 3.05) is 37.0 Å². The Morgan fingerprint density at radius 3 is 2.97 bits per heavy atom. The second-order valence-corrected chi connectivity index (χ2v) is 9.44. The van der Waals surface area contributed by atoms with Crippen LogP contribution in [0.5, 0.6) is 5.75 Å². The van der Waals surface area contributed by atoms with Gasteiger partial charge < -0.3 is 20.3 Å². The molecule has 0 unspecified atom stereocenters. The Morgan fingerprint density at radius 1 is 1.35 bits per heavy atom. The number of alkyl halides is 2. The van der Waals surface area contributed by atoms with Gasteiger partial charge in [0.05, 0.1) is 29.9 Å². The molecule has 0 aliphatic carbocycles. The summed E-state index contributed by atoms with van der Waals surface area (Å²) < 4.78 is 34.6. The fourth-order valence-electron chi connectivity index (χ4n) is 3.79. The number of carbonyl (C=O) groups excluding carboxylic acids is 2. The van der Waals surface area contributed by atoms with Crippen molar-refractivity contribution in [3.63, 3.8) is 0 Å². The van der Waals surface area contributed by atoms with Crippen LogP contribution in [0.25, 0.3) is 16.9 Å². The number of hydrogen-bond donors (Lipinski definition) is 2. The van der Waals surface area contributed by atoms with Crippen LogP contribution in [-0.2, 0) is 11.3 Å². The van der Waals surface area contributed by atoms with E-state index in [4.69, 9.17) is 4.74 Å². The Balaban J connectivity index is 1.58. The van der Waals surface area contributed by atoms with E-state index in [9.17, 15) is 18.4 Å². The van der Waals surface area contributed by atoms with Gasteiger partial charge in [0.2, 0.25) is 5.91 Å². The average molecular weight is 529 g/mol. The predicted octanol–water partition coefficient (Wildman–Crippen LogP) is 3.05. The van der Waals surface area contributed by atoms with Crippen molar-refractivity contribution in [3.8, 4) is 17.0 Å². The van der Waals surface area contributed by atoms with Crippen LogP contribution in [-0.4, -0.2) is 74.1 Å². The van der Waals surface area contributed by atoms with Crippen molar-refractivity contribution in [1.82, 2.24) is 29.3 Å². The van der Waals surface area contributed by atoms with Gasteiger partial charge in [-0.2, -0.15) is 19.0 Å². The van der Waals surface area contributed by atoms with Gasteiger partial charge in [-0.25, -0.2) is 9.50 Å². The molecule has 1 aliphatic rings. The number of nitrogens with one attached hydrogen (secondary N) is 2. The van der Waals surface area contributed by atoms with Crippen molar-refractivity contribution >= 4 is 40.6 Å². The number of hydrogen-bond acceptors (Lipinski definition) is 8. The Labute approximate surface area is 213 Å². The third-order valence-corrected chi connectivity index (χ3v) is 6.55. The van der Waals surface area contributed by atoms with Gasteiger partial charge in [0.1, 0.15) is 17.0 Å². The van der Waals surface area contributed by atoms with E-state index < -0.39 is 12.5 Å². The van der Waals surface area contributed by atoms with E-state index in [1.807, 2.05) is 19.0 Å². The number of rotatable bonds is 8. The van der Waals surface area contributed by atoms with E-state index in [0.717, 1.165) is 0 Å². The molecule has 4 heterocycles. The standard InChI is InChI=1S/C23H22F2N8O3S/c1-31(2)6-7-32-11-16(29-22(35)14-10-27-33-5-3-4-26-21(14)33)20(30-32)13-8-18-15(28-19(34)12-37-18)9-17(13)36-23(24)25/h3-5,8-11,23H,6-7,12H2,1-2H3,(H,28,34)(H,29,35). The number of likely N-dealkylation sites (N-methyl/N-ethyl adjacent to an activating group) is 1. The molecule has 14 heteroatoms. The molecular weight excluding hydrogens is 506 g/mol. The minimum Gasteiger partial charge on any atom is -0.434 e. The molecule has 0 spiro atoms. The molecule has 0 atom stereocenters. The maximum atomic E-state index is 13.4. The molecule has 1 aliphatic heterocycles. The van der Waals surface area contributed by atoms with Crippen LogP contribution in [0.3, 0.4) is 0 Å². The molecule has 3 aromatic heterocycles. The van der Waals surface area contributed by atoms with Crippen molar-refractivity contribution in [1.29, 1.82) is 0 Å². The Hall–Kier alpha value is -4.04. The summed E-state index contributed by atoms with van der Waals surface area (Å²) in [6.45, 7) is -1.98. The quantitative estimate of drug-likeness (QED) is 0.358. The zero-order valence-electron chi connectivity index (χ0n) is 19.8. The highest BCUT2D eigenvalue weighted by atomic mass is 32.2. The third-order valence-electron chi connectivity index (χ3n) is 5.50. The number of fused-ring (bicyclic) bond motifs is 2. The summed E-state index contributed by atoms with van der Waals surface area (Å²) >= 11 is 1.27. The van der Waals surface area contributed by atoms with Gasteiger partial charge in [0.15, 0.2) is 5.65 Å². The lowest BCUT2D eigenvalue weighted by Gasteiger charge is -2.20. The zero-order valence-corrected chi connectivity index (χ0v) is 20.6. The van der Waals surface area contributed by atoms with Gasteiger partial charge in [-0.15, -0.1) is 11.8 Å². The fourth-order valence-corrected chi connectivity index (χ4v) is 4.62. The maximum absolute atomic E-state index is 13.4. The molecule has 0 fully saturated rings. The number of amides is 2. The highest BCUT2D eigenvalue weighted by molar-refractivity contribution is 8.00. The summed E-state index contributed by atoms with van der Waals surface area (Å²) in [7, 11) is 3.82. The molecule has 0 radical (unpaired) electrons. The van der Waals surface area contributed by atoms with Crippen LogP contribution in [0.15, 0.2) is 47.9 Å². The third kappa shape index (κ3) is 5.24. The predicted molar refractivity (Wildman–Crippen MR) is 133 cm³/mol. The van der Waals surface area contributed by atoms with Crippen molar-refractivity contribution in [2.45, 2.75) is 18.1 Å². The van der Waals surface area contributed by atoms with E-state index in [-0.39, 0.29) is 34.2 Å². The summed E-state index contributed by atoms with van der Waals surface area (Å²) in [6.07, 6.45) is 6.26. The van der Waals surface area contributed by atoms with Crippen LogP contribution < -0.4 is 15.4 Å². The number of aromatic nitrogens is 5. The van der Waals surface area contributed by atoms with E-state index in [1.165, 1.54) is 28.5 Å². The number of halogens is 2. The first-order valence-electron chi connectivity index (χ1n) is 11.2. The average Bonchev–Trinajstić information content (AvgIpc) is 3.46. The summed E-state index contributed by atoms with van der Waals surface area (Å²) in [4.78, 5) is 31.9. The van der Waals surface area contributed by atoms with Crippen LogP contribution in [0.1, 0.15) is 10.4 Å². The second kappa shape index (κ2) is 10.1. The lowest BCUT2D eigenvalue weighted by atomic mass is 10.1. The zero-order chi connectivity index (χ0) is 26.1. The van der Waals surface area contributed by atoms with E-state index in [2.05, 4.69) is 25.8 Å². The molecule has 0 saturated carbocycles. The largest absolute Gasteiger partial charge is 0.434 e. The maximum Gasteiger partial charge on any atom is 0.387 e. The van der Waals surface area contributed by atoms with Crippen LogP contribution >= 0.6 is 11.8 Å². The second-order valence-electron chi connectivity index (χ2n) is 8.42. The first kappa shape index (κ1) is 24.6. The fraction of sp³-hybridized carbons (Fsp3) is 0.261. The Morgan fingerprint density at radius 2 is 2.19 bits per heavy atom. The lowest BCUT2D eigenvalue weighted by Crippen LogP contribution is -2.19. The minimum absolute atomic E-state index is 0.178. The molecule has 2 amide bonds. The molecular formula is C23H22F2N8O3S. The van der Waals surface area contributed by atoms with Crippen LogP contribution in [0.2, 0.25) is 0 Å².